The first kappa shape index (κ1) is 60.0. The van der Waals surface area contributed by atoms with Gasteiger partial charge in [0.05, 0.1) is 36.5 Å². The molecule has 2 aliphatic rings. The number of amides is 3. The quantitative estimate of drug-likeness (QED) is 0.0194. The van der Waals surface area contributed by atoms with Crippen molar-refractivity contribution in [3.8, 4) is 34.6 Å². The number of carbonyl (C=O) groups excluding carboxylic acids is 4. The molecular weight excluding hydrogens is 1000 g/mol. The third-order valence-corrected chi connectivity index (χ3v) is 14.8. The fraction of sp³-hybridized carbons (Fsp3) is 0.508. The molecule has 0 saturated carbocycles. The molecule has 1 aromatic heterocycles. The third-order valence-electron chi connectivity index (χ3n) is 14.8. The van der Waals surface area contributed by atoms with Crippen molar-refractivity contribution in [1.29, 1.82) is 0 Å². The number of hydrogen-bond donors (Lipinski definition) is 8. The fourth-order valence-corrected chi connectivity index (χ4v) is 10.1. The Bertz CT molecular complexity index is 2760. The van der Waals surface area contributed by atoms with Gasteiger partial charge in [-0.2, -0.15) is 0 Å². The van der Waals surface area contributed by atoms with Gasteiger partial charge in [-0.25, -0.2) is 4.57 Å². The first-order valence-corrected chi connectivity index (χ1v) is 28.2. The lowest BCUT2D eigenvalue weighted by molar-refractivity contribution is -0.133. The maximum atomic E-state index is 14.3. The average Bonchev–Trinajstić information content (AvgIpc) is 4.25. The number of Topliss-reactive ketones (excluding diaryl/α,β-unsaturated/α-hetero) is 1. The molecule has 0 bridgehead atoms. The average molecular weight is 1090 g/mol. The van der Waals surface area contributed by atoms with Crippen molar-refractivity contribution in [1.82, 2.24) is 51.1 Å². The maximum Gasteiger partial charge on any atom is 0.319 e. The van der Waals surface area contributed by atoms with Gasteiger partial charge in [-0.05, 0) is 104 Å². The summed E-state index contributed by atoms with van der Waals surface area (Å²) in [5.74, 6) is -0.463. The van der Waals surface area contributed by atoms with E-state index in [1.54, 1.807) is 13.0 Å². The SMILES string of the molecule is CC(C)C[C@H](NC[C@@H](CCc1ccccc1)NCCCNC(=O)CN1CCN(Cc2ccc(-n3c(O)nnc3-c3cc(C(C)C)c(O)cc3O)cc2)CC1)C(=O)N[C@@H](Cc1ccccc1)C(=O)N[C@@H](CC(C)C)C(=O)[C@]1(C)CO1. The van der Waals surface area contributed by atoms with E-state index in [2.05, 4.69) is 72.6 Å². The third kappa shape index (κ3) is 17.6. The monoisotopic (exact) mass is 1080 g/mol. The number of aryl methyl sites for hydroxylation is 1. The molecule has 0 unspecified atom stereocenters. The van der Waals surface area contributed by atoms with Crippen LogP contribution in [0.25, 0.3) is 17.1 Å². The van der Waals surface area contributed by atoms with E-state index in [-0.39, 0.29) is 71.1 Å². The van der Waals surface area contributed by atoms with E-state index in [4.69, 9.17) is 4.74 Å². The molecule has 3 heterocycles. The van der Waals surface area contributed by atoms with Gasteiger partial charge in [-0.1, -0.05) is 119 Å². The second-order valence-corrected chi connectivity index (χ2v) is 22.8. The van der Waals surface area contributed by atoms with Crippen molar-refractivity contribution in [2.45, 2.75) is 129 Å². The second kappa shape index (κ2) is 28.4. The van der Waals surface area contributed by atoms with Crippen LogP contribution in [0.5, 0.6) is 17.5 Å². The van der Waals surface area contributed by atoms with Crippen molar-refractivity contribution in [2.75, 3.05) is 59.0 Å². The number of ketones is 1. The highest BCUT2D eigenvalue weighted by molar-refractivity contribution is 5.98. The number of benzene rings is 4. The van der Waals surface area contributed by atoms with E-state index in [9.17, 15) is 34.5 Å². The molecule has 2 fully saturated rings. The highest BCUT2D eigenvalue weighted by Crippen LogP contribution is 2.39. The second-order valence-electron chi connectivity index (χ2n) is 22.8. The van der Waals surface area contributed by atoms with Crippen molar-refractivity contribution >= 4 is 23.5 Å². The highest BCUT2D eigenvalue weighted by Gasteiger charge is 2.50. The molecule has 0 spiro atoms. The van der Waals surface area contributed by atoms with Crippen LogP contribution in [0.3, 0.4) is 0 Å². The zero-order valence-electron chi connectivity index (χ0n) is 47.2. The molecule has 0 aliphatic carbocycles. The lowest BCUT2D eigenvalue weighted by atomic mass is 9.93. The summed E-state index contributed by atoms with van der Waals surface area (Å²) in [6.45, 7) is 19.9. The number of phenols is 2. The van der Waals surface area contributed by atoms with Crippen LogP contribution in [-0.4, -0.2) is 152 Å². The molecule has 18 heteroatoms. The Kier molecular flexibility index (Phi) is 21.6. The number of aromatic nitrogens is 3. The van der Waals surface area contributed by atoms with E-state index in [0.29, 0.717) is 75.4 Å². The molecule has 8 N–H and O–H groups in total. The molecule has 426 valence electrons. The number of rotatable bonds is 30. The summed E-state index contributed by atoms with van der Waals surface area (Å²) in [4.78, 5) is 59.7. The number of phenolic OH excluding ortho intramolecular Hbond substituents is 2. The Labute approximate surface area is 466 Å². The lowest BCUT2D eigenvalue weighted by Gasteiger charge is -2.34. The number of ether oxygens (including phenoxy) is 1. The largest absolute Gasteiger partial charge is 0.508 e. The number of aromatic hydroxyl groups is 3. The smallest absolute Gasteiger partial charge is 0.319 e. The normalized spacial score (nSPS) is 17.3. The minimum absolute atomic E-state index is 0.00489. The predicted molar refractivity (Wildman–Crippen MR) is 306 cm³/mol. The molecule has 5 aromatic rings. The van der Waals surface area contributed by atoms with Crippen molar-refractivity contribution in [3.63, 3.8) is 0 Å². The van der Waals surface area contributed by atoms with Crippen LogP contribution in [0.2, 0.25) is 0 Å². The molecule has 3 amide bonds. The van der Waals surface area contributed by atoms with Crippen LogP contribution in [0.1, 0.15) is 102 Å². The van der Waals surface area contributed by atoms with Crippen molar-refractivity contribution < 1.29 is 39.2 Å². The Morgan fingerprint density at radius 1 is 0.684 bits per heavy atom. The molecule has 18 nitrogen and oxygen atoms in total. The van der Waals surface area contributed by atoms with Gasteiger partial charge in [0.25, 0.3) is 0 Å². The summed E-state index contributed by atoms with van der Waals surface area (Å²) in [6.07, 6.45) is 3.63. The summed E-state index contributed by atoms with van der Waals surface area (Å²) in [5.41, 5.74) is 3.89. The minimum atomic E-state index is -0.915. The first-order valence-electron chi connectivity index (χ1n) is 28.2. The van der Waals surface area contributed by atoms with Gasteiger partial charge in [0.1, 0.15) is 23.1 Å². The van der Waals surface area contributed by atoms with Gasteiger partial charge < -0.3 is 46.6 Å². The summed E-state index contributed by atoms with van der Waals surface area (Å²) >= 11 is 0. The Hall–Kier alpha value is -6.70. The Morgan fingerprint density at radius 3 is 1.92 bits per heavy atom. The molecule has 2 saturated heterocycles. The topological polar surface area (TPSA) is 239 Å². The van der Waals surface area contributed by atoms with E-state index < -0.39 is 29.6 Å². The number of nitrogens with one attached hydrogen (secondary N) is 5. The van der Waals surface area contributed by atoms with Gasteiger partial charge in [-0.3, -0.25) is 29.0 Å². The number of carbonyl (C=O) groups is 4. The lowest BCUT2D eigenvalue weighted by Crippen LogP contribution is -2.57. The Balaban J connectivity index is 0.877. The minimum Gasteiger partial charge on any atom is -0.508 e. The summed E-state index contributed by atoms with van der Waals surface area (Å²) < 4.78 is 6.94. The predicted octanol–water partition coefficient (Wildman–Crippen LogP) is 6.01. The summed E-state index contributed by atoms with van der Waals surface area (Å²) in [6, 6.07) is 28.0. The van der Waals surface area contributed by atoms with Crippen LogP contribution < -0.4 is 26.6 Å². The van der Waals surface area contributed by atoms with Gasteiger partial charge in [0.15, 0.2) is 11.6 Å². The molecule has 4 aromatic carbocycles. The van der Waals surface area contributed by atoms with E-state index >= 15 is 0 Å². The van der Waals surface area contributed by atoms with E-state index in [1.807, 2.05) is 100 Å². The maximum absolute atomic E-state index is 14.3. The summed E-state index contributed by atoms with van der Waals surface area (Å²) in [5, 5.41) is 56.3. The Morgan fingerprint density at radius 2 is 1.29 bits per heavy atom. The van der Waals surface area contributed by atoms with Crippen LogP contribution in [0.15, 0.2) is 97.1 Å². The fourth-order valence-electron chi connectivity index (χ4n) is 10.1. The van der Waals surface area contributed by atoms with Gasteiger partial charge in [-0.15, -0.1) is 5.10 Å². The first-order chi connectivity index (χ1) is 37.8. The van der Waals surface area contributed by atoms with Crippen LogP contribution >= 0.6 is 0 Å². The number of epoxide rings is 1. The van der Waals surface area contributed by atoms with Gasteiger partial charge >= 0.3 is 6.01 Å². The molecule has 0 radical (unpaired) electrons. The number of hydrogen-bond acceptors (Lipinski definition) is 14. The molecule has 7 rings (SSSR count). The van der Waals surface area contributed by atoms with Gasteiger partial charge in [0.2, 0.25) is 17.7 Å². The molecular formula is C61H84N10O8. The van der Waals surface area contributed by atoms with Gasteiger partial charge in [0, 0.05) is 64.3 Å². The van der Waals surface area contributed by atoms with Crippen LogP contribution in [0.4, 0.5) is 0 Å². The van der Waals surface area contributed by atoms with E-state index in [0.717, 1.165) is 50.1 Å². The molecule has 79 heavy (non-hydrogen) atoms. The van der Waals surface area contributed by atoms with Crippen LogP contribution in [-0.2, 0) is 43.3 Å². The van der Waals surface area contributed by atoms with Crippen LogP contribution in [0, 0.1) is 11.8 Å². The zero-order valence-corrected chi connectivity index (χ0v) is 47.2. The van der Waals surface area contributed by atoms with Crippen molar-refractivity contribution in [3.05, 3.63) is 119 Å². The standard InChI is InChI=1S/C61H84N10O8/c1-40(2)31-50(56(75)61(7)39-79-61)65-59(77)52(33-44-17-12-9-13-18-44)66-58(76)51(32-41(3)4)64-36-46(22-19-43-15-10-8-11-16-43)62-25-14-26-63-55(74)38-70-29-27-69(28-30-70)37-45-20-23-47(24-21-45)71-57(67-68-60(71)78)49-34-48(42(5)6)53(72)35-54(49)73/h8-13,15-18,20-21,23-24,34-35,40-42,46,50-52,62,64,72-73H,14,19,22,25-33,36-39H2,1-7H3,(H,63,74)(H,65,77)(H,66,76)(H,68,78)/t46-,50+,51+,52+,61+/m1/s1. The highest BCUT2D eigenvalue weighted by atomic mass is 16.6. The number of nitrogens with zero attached hydrogens (tertiary/aromatic N) is 5. The molecule has 5 atom stereocenters. The molecule has 2 aliphatic heterocycles. The summed E-state index contributed by atoms with van der Waals surface area (Å²) in [7, 11) is 0. The van der Waals surface area contributed by atoms with E-state index in [1.165, 1.54) is 16.2 Å². The number of piperazine rings is 1. The van der Waals surface area contributed by atoms with Crippen molar-refractivity contribution in [2.24, 2.45) is 11.8 Å². The zero-order chi connectivity index (χ0) is 56.6.